The smallest absolute Gasteiger partial charge is 0.348 e. The number of ether oxygens (including phenoxy) is 1. The van der Waals surface area contributed by atoms with E-state index in [2.05, 4.69) is 10.3 Å². The summed E-state index contributed by atoms with van der Waals surface area (Å²) in [4.78, 5) is 44.5. The minimum absolute atomic E-state index is 0.0621. The van der Waals surface area contributed by atoms with Crippen LogP contribution < -0.4 is 10.9 Å². The number of nitrogens with one attached hydrogen (secondary N) is 1. The summed E-state index contributed by atoms with van der Waals surface area (Å²) in [6.07, 6.45) is 6.40. The number of carbonyl (C=O) groups excluding carboxylic acids is 2. The normalized spacial score (nSPS) is 15.3. The van der Waals surface area contributed by atoms with E-state index in [0.717, 1.165) is 48.1 Å². The lowest BCUT2D eigenvalue weighted by Gasteiger charge is -2.21. The van der Waals surface area contributed by atoms with Gasteiger partial charge < -0.3 is 10.1 Å². The number of esters is 1. The average molecular weight is 482 g/mol. The van der Waals surface area contributed by atoms with Crippen LogP contribution in [0.5, 0.6) is 0 Å². The number of hydrogen-bond acceptors (Lipinski definition) is 6. The summed E-state index contributed by atoms with van der Waals surface area (Å²) in [7, 11) is 0. The first-order valence-electron chi connectivity index (χ1n) is 11.8. The van der Waals surface area contributed by atoms with E-state index in [1.54, 1.807) is 13.8 Å². The minimum atomic E-state index is -0.776. The zero-order chi connectivity index (χ0) is 24.6. The van der Waals surface area contributed by atoms with Crippen molar-refractivity contribution in [1.82, 2.24) is 9.55 Å². The quantitative estimate of drug-likeness (QED) is 0.494. The number of aromatic nitrogens is 2. The Bertz CT molecular complexity index is 1290. The maximum Gasteiger partial charge on any atom is 0.348 e. The van der Waals surface area contributed by atoms with Gasteiger partial charge in [-0.15, -0.1) is 11.3 Å². The molecule has 1 aliphatic carbocycles. The summed E-state index contributed by atoms with van der Waals surface area (Å²) < 4.78 is 7.04. The van der Waals surface area contributed by atoms with Crippen LogP contribution in [-0.2, 0) is 9.53 Å². The maximum atomic E-state index is 13.3. The molecule has 2 aromatic heterocycles. The average Bonchev–Trinajstić information content (AvgIpc) is 3.14. The van der Waals surface area contributed by atoms with Gasteiger partial charge in [0, 0.05) is 5.69 Å². The first-order valence-corrected chi connectivity index (χ1v) is 12.6. The highest BCUT2D eigenvalue weighted by molar-refractivity contribution is 7.20. The molecule has 1 N–H and O–H groups in total. The highest BCUT2D eigenvalue weighted by atomic mass is 32.1. The van der Waals surface area contributed by atoms with Crippen molar-refractivity contribution in [2.45, 2.75) is 78.9 Å². The Balaban J connectivity index is 1.60. The molecule has 0 radical (unpaired) electrons. The van der Waals surface area contributed by atoms with Crippen molar-refractivity contribution in [3.8, 4) is 0 Å². The molecule has 1 saturated carbocycles. The van der Waals surface area contributed by atoms with E-state index in [-0.39, 0.29) is 17.6 Å². The van der Waals surface area contributed by atoms with E-state index in [4.69, 9.17) is 4.74 Å². The van der Waals surface area contributed by atoms with Gasteiger partial charge in [0.05, 0.1) is 11.7 Å². The molecule has 180 valence electrons. The Morgan fingerprint density at radius 2 is 1.76 bits per heavy atom. The molecule has 2 heterocycles. The number of carbonyl (C=O) groups is 2. The summed E-state index contributed by atoms with van der Waals surface area (Å²) in [5.41, 5.74) is 4.03. The van der Waals surface area contributed by atoms with Gasteiger partial charge in [0.15, 0.2) is 0 Å². The van der Waals surface area contributed by atoms with Crippen molar-refractivity contribution in [2.24, 2.45) is 0 Å². The fraction of sp³-hybridized carbons (Fsp3) is 0.462. The molecule has 1 unspecified atom stereocenters. The number of fused-ring (bicyclic) bond motifs is 1. The minimum Gasteiger partial charge on any atom is -0.458 e. The Morgan fingerprint density at radius 1 is 1.12 bits per heavy atom. The summed E-state index contributed by atoms with van der Waals surface area (Å²) in [6, 6.07) is 3.24. The van der Waals surface area contributed by atoms with Gasteiger partial charge in [-0.2, -0.15) is 0 Å². The third kappa shape index (κ3) is 4.64. The molecule has 1 aliphatic rings. The number of rotatable bonds is 5. The number of amides is 1. The van der Waals surface area contributed by atoms with Crippen LogP contribution in [0.15, 0.2) is 23.3 Å². The van der Waals surface area contributed by atoms with Gasteiger partial charge >= 0.3 is 5.97 Å². The van der Waals surface area contributed by atoms with Crippen LogP contribution in [0.2, 0.25) is 0 Å². The molecule has 8 heteroatoms. The van der Waals surface area contributed by atoms with E-state index in [1.807, 2.05) is 32.9 Å². The van der Waals surface area contributed by atoms with Crippen molar-refractivity contribution < 1.29 is 14.3 Å². The zero-order valence-electron chi connectivity index (χ0n) is 20.4. The molecule has 7 nitrogen and oxygen atoms in total. The van der Waals surface area contributed by atoms with Crippen LogP contribution in [0, 0.1) is 27.7 Å². The number of anilines is 1. The Labute approximate surface area is 203 Å². The third-order valence-corrected chi connectivity index (χ3v) is 7.79. The zero-order valence-corrected chi connectivity index (χ0v) is 21.2. The second-order valence-electron chi connectivity index (χ2n) is 9.30. The Hall–Kier alpha value is -3.00. The van der Waals surface area contributed by atoms with E-state index >= 15 is 0 Å². The lowest BCUT2D eigenvalue weighted by Crippen LogP contribution is -2.32. The van der Waals surface area contributed by atoms with Gasteiger partial charge in [-0.05, 0) is 77.0 Å². The van der Waals surface area contributed by atoms with Gasteiger partial charge in [0.1, 0.15) is 21.9 Å². The summed E-state index contributed by atoms with van der Waals surface area (Å²) in [5, 5.41) is 3.33. The molecule has 1 fully saturated rings. The number of aryl methyl sites for hydroxylation is 4. The molecule has 34 heavy (non-hydrogen) atoms. The Morgan fingerprint density at radius 3 is 2.41 bits per heavy atom. The SMILES string of the molecule is Cc1cc(C)c(NC(=O)C(C)n2cnc3sc(C(=O)OC4CCCCC4)c(C)c3c2=O)c(C)c1. The van der Waals surface area contributed by atoms with Crippen LogP contribution >= 0.6 is 11.3 Å². The van der Waals surface area contributed by atoms with Crippen molar-refractivity contribution >= 4 is 39.1 Å². The monoisotopic (exact) mass is 481 g/mol. The van der Waals surface area contributed by atoms with Gasteiger partial charge in [-0.25, -0.2) is 9.78 Å². The van der Waals surface area contributed by atoms with Gasteiger partial charge in [-0.3, -0.25) is 14.2 Å². The predicted octanol–water partition coefficient (Wildman–Crippen LogP) is 5.38. The lowest BCUT2D eigenvalue weighted by molar-refractivity contribution is -0.118. The van der Waals surface area contributed by atoms with E-state index in [0.29, 0.717) is 20.7 Å². The van der Waals surface area contributed by atoms with Crippen LogP contribution in [0.4, 0.5) is 5.69 Å². The van der Waals surface area contributed by atoms with Crippen LogP contribution in [0.3, 0.4) is 0 Å². The number of benzene rings is 1. The van der Waals surface area contributed by atoms with Crippen molar-refractivity contribution in [3.05, 3.63) is 55.9 Å². The summed E-state index contributed by atoms with van der Waals surface area (Å²) in [5.74, 6) is -0.697. The number of nitrogens with zero attached hydrogens (tertiary/aromatic N) is 2. The van der Waals surface area contributed by atoms with E-state index in [1.165, 1.54) is 28.7 Å². The molecule has 0 aliphatic heterocycles. The van der Waals surface area contributed by atoms with Crippen molar-refractivity contribution in [2.75, 3.05) is 5.32 Å². The predicted molar refractivity (Wildman–Crippen MR) is 135 cm³/mol. The molecule has 1 atom stereocenters. The molecule has 0 bridgehead atoms. The van der Waals surface area contributed by atoms with Gasteiger partial charge in [0.2, 0.25) is 5.91 Å². The highest BCUT2D eigenvalue weighted by Gasteiger charge is 2.26. The van der Waals surface area contributed by atoms with Crippen LogP contribution in [-0.4, -0.2) is 27.5 Å². The summed E-state index contributed by atoms with van der Waals surface area (Å²) >= 11 is 1.17. The van der Waals surface area contributed by atoms with Gasteiger partial charge in [0.25, 0.3) is 5.56 Å². The van der Waals surface area contributed by atoms with E-state index in [9.17, 15) is 14.4 Å². The standard InChI is InChI=1S/C26H31N3O4S/c1-14-11-15(2)21(16(3)12-14)28-23(30)18(5)29-13-27-24-20(25(29)31)17(4)22(34-24)26(32)33-19-9-7-6-8-10-19/h11-13,18-19H,6-10H2,1-5H3,(H,28,30). The Kier molecular flexibility index (Phi) is 6.89. The molecule has 1 amide bonds. The van der Waals surface area contributed by atoms with E-state index < -0.39 is 12.0 Å². The second-order valence-corrected chi connectivity index (χ2v) is 10.3. The highest BCUT2D eigenvalue weighted by Crippen LogP contribution is 2.30. The fourth-order valence-corrected chi connectivity index (χ4v) is 5.75. The first kappa shape index (κ1) is 24.1. The number of thiophene rings is 1. The van der Waals surface area contributed by atoms with Crippen LogP contribution in [0.25, 0.3) is 10.2 Å². The van der Waals surface area contributed by atoms with Crippen LogP contribution in [0.1, 0.15) is 77.0 Å². The largest absolute Gasteiger partial charge is 0.458 e. The number of hydrogen-bond donors (Lipinski definition) is 1. The molecule has 1 aromatic carbocycles. The fourth-order valence-electron chi connectivity index (χ4n) is 4.73. The van der Waals surface area contributed by atoms with Crippen molar-refractivity contribution in [1.29, 1.82) is 0 Å². The third-order valence-electron chi connectivity index (χ3n) is 6.61. The molecule has 0 spiro atoms. The van der Waals surface area contributed by atoms with Crippen molar-refractivity contribution in [3.63, 3.8) is 0 Å². The summed E-state index contributed by atoms with van der Waals surface area (Å²) in [6.45, 7) is 9.32. The molecular weight excluding hydrogens is 450 g/mol. The molecule has 0 saturated heterocycles. The van der Waals surface area contributed by atoms with Gasteiger partial charge in [-0.1, -0.05) is 24.1 Å². The molecule has 4 rings (SSSR count). The lowest BCUT2D eigenvalue weighted by atomic mass is 9.98. The molecule has 3 aromatic rings. The second kappa shape index (κ2) is 9.70. The molecular formula is C26H31N3O4S. The maximum absolute atomic E-state index is 13.3. The topological polar surface area (TPSA) is 90.3 Å². The first-order chi connectivity index (χ1) is 16.2.